The molecule has 0 bridgehead atoms. The summed E-state index contributed by atoms with van der Waals surface area (Å²) in [6.45, 7) is 12.3. The highest BCUT2D eigenvalue weighted by Gasteiger charge is 2.25. The summed E-state index contributed by atoms with van der Waals surface area (Å²) in [6, 6.07) is 10.2. The van der Waals surface area contributed by atoms with Crippen LogP contribution in [0.2, 0.25) is 0 Å². The fourth-order valence-electron chi connectivity index (χ4n) is 3.08. The Bertz CT molecular complexity index is 617. The van der Waals surface area contributed by atoms with Gasteiger partial charge in [0.05, 0.1) is 6.04 Å². The fraction of sp³-hybridized carbons (Fsp3) is 0.579. The zero-order valence-corrected chi connectivity index (χ0v) is 15.0. The summed E-state index contributed by atoms with van der Waals surface area (Å²) in [6.07, 6.45) is 1.28. The molecule has 0 radical (unpaired) electrons. The van der Waals surface area contributed by atoms with Crippen LogP contribution in [0.4, 0.5) is 0 Å². The lowest BCUT2D eigenvalue weighted by Gasteiger charge is -2.37. The molecular formula is C19H28N4O. The summed E-state index contributed by atoms with van der Waals surface area (Å²) in [5.41, 5.74) is 0.998. The van der Waals surface area contributed by atoms with Crippen molar-refractivity contribution in [3.05, 3.63) is 36.2 Å². The van der Waals surface area contributed by atoms with Crippen molar-refractivity contribution >= 4 is 0 Å². The number of hydrogen-bond donors (Lipinski definition) is 0. The van der Waals surface area contributed by atoms with Crippen molar-refractivity contribution < 1.29 is 4.52 Å². The first-order valence-electron chi connectivity index (χ1n) is 8.99. The largest absolute Gasteiger partial charge is 0.337 e. The van der Waals surface area contributed by atoms with Gasteiger partial charge in [0.1, 0.15) is 0 Å². The van der Waals surface area contributed by atoms with Crippen LogP contribution < -0.4 is 0 Å². The molecule has 130 valence electrons. The van der Waals surface area contributed by atoms with Gasteiger partial charge in [0.15, 0.2) is 0 Å². The summed E-state index contributed by atoms with van der Waals surface area (Å²) in [7, 11) is 0. The van der Waals surface area contributed by atoms with Crippen LogP contribution in [0.5, 0.6) is 0 Å². The lowest BCUT2D eigenvalue weighted by molar-refractivity contribution is 0.0858. The van der Waals surface area contributed by atoms with Crippen molar-refractivity contribution in [2.45, 2.75) is 33.2 Å². The van der Waals surface area contributed by atoms with Crippen molar-refractivity contribution in [1.29, 1.82) is 0 Å². The normalized spacial score (nSPS) is 18.2. The molecule has 2 aromatic rings. The Morgan fingerprint density at radius 1 is 1.04 bits per heavy atom. The van der Waals surface area contributed by atoms with Gasteiger partial charge >= 0.3 is 0 Å². The van der Waals surface area contributed by atoms with Crippen LogP contribution in [0.25, 0.3) is 11.4 Å². The Balaban J connectivity index is 1.56. The van der Waals surface area contributed by atoms with Crippen molar-refractivity contribution in [1.82, 2.24) is 19.9 Å². The van der Waals surface area contributed by atoms with Crippen LogP contribution in [0.3, 0.4) is 0 Å². The van der Waals surface area contributed by atoms with Crippen molar-refractivity contribution in [3.63, 3.8) is 0 Å². The van der Waals surface area contributed by atoms with E-state index in [0.29, 0.717) is 11.7 Å². The van der Waals surface area contributed by atoms with E-state index >= 15 is 0 Å². The van der Waals surface area contributed by atoms with Crippen LogP contribution in [-0.4, -0.2) is 52.7 Å². The Labute approximate surface area is 144 Å². The molecule has 0 aliphatic carbocycles. The quantitative estimate of drug-likeness (QED) is 0.812. The highest BCUT2D eigenvalue weighted by Crippen LogP contribution is 2.23. The maximum Gasteiger partial charge on any atom is 0.244 e. The molecule has 1 atom stereocenters. The third-order valence-corrected chi connectivity index (χ3v) is 4.81. The Hall–Kier alpha value is -1.72. The van der Waals surface area contributed by atoms with E-state index in [2.05, 4.69) is 40.7 Å². The van der Waals surface area contributed by atoms with E-state index in [1.54, 1.807) is 0 Å². The van der Waals surface area contributed by atoms with E-state index in [0.717, 1.165) is 37.7 Å². The first-order valence-corrected chi connectivity index (χ1v) is 8.99. The summed E-state index contributed by atoms with van der Waals surface area (Å²) in [5.74, 6) is 2.16. The number of nitrogens with zero attached hydrogens (tertiary/aromatic N) is 4. The Morgan fingerprint density at radius 3 is 2.42 bits per heavy atom. The number of rotatable bonds is 6. The minimum Gasteiger partial charge on any atom is -0.337 e. The van der Waals surface area contributed by atoms with Gasteiger partial charge in [0, 0.05) is 31.7 Å². The summed E-state index contributed by atoms with van der Waals surface area (Å²) in [4.78, 5) is 9.60. The van der Waals surface area contributed by atoms with Crippen LogP contribution >= 0.6 is 0 Å². The predicted octanol–water partition coefficient (Wildman–Crippen LogP) is 3.46. The molecule has 1 aromatic heterocycles. The van der Waals surface area contributed by atoms with Gasteiger partial charge in [-0.25, -0.2) is 0 Å². The predicted molar refractivity (Wildman–Crippen MR) is 95.6 cm³/mol. The number of piperazine rings is 1. The molecule has 1 aliphatic rings. The second kappa shape index (κ2) is 7.90. The fourth-order valence-corrected chi connectivity index (χ4v) is 3.08. The highest BCUT2D eigenvalue weighted by molar-refractivity contribution is 5.53. The summed E-state index contributed by atoms with van der Waals surface area (Å²) in [5, 5.41) is 4.14. The van der Waals surface area contributed by atoms with Crippen LogP contribution in [0, 0.1) is 5.92 Å². The van der Waals surface area contributed by atoms with Gasteiger partial charge in [-0.1, -0.05) is 49.3 Å². The second-order valence-corrected chi connectivity index (χ2v) is 7.06. The van der Waals surface area contributed by atoms with Gasteiger partial charge in [-0.05, 0) is 25.8 Å². The van der Waals surface area contributed by atoms with Gasteiger partial charge < -0.3 is 9.42 Å². The lowest BCUT2D eigenvalue weighted by Crippen LogP contribution is -2.47. The molecule has 0 spiro atoms. The third-order valence-electron chi connectivity index (χ3n) is 4.81. The molecule has 24 heavy (non-hydrogen) atoms. The number of aromatic nitrogens is 2. The summed E-state index contributed by atoms with van der Waals surface area (Å²) < 4.78 is 5.52. The van der Waals surface area contributed by atoms with Gasteiger partial charge in [0.25, 0.3) is 0 Å². The van der Waals surface area contributed by atoms with Gasteiger partial charge in [-0.2, -0.15) is 4.98 Å². The van der Waals surface area contributed by atoms with E-state index in [-0.39, 0.29) is 6.04 Å². The minimum absolute atomic E-state index is 0.169. The zero-order valence-electron chi connectivity index (χ0n) is 15.0. The lowest BCUT2D eigenvalue weighted by atomic mass is 10.1. The third kappa shape index (κ3) is 4.22. The smallest absolute Gasteiger partial charge is 0.244 e. The number of benzene rings is 1. The Morgan fingerprint density at radius 2 is 1.75 bits per heavy atom. The van der Waals surface area contributed by atoms with Crippen LogP contribution in [0.15, 0.2) is 34.9 Å². The van der Waals surface area contributed by atoms with Gasteiger partial charge in [0.2, 0.25) is 11.7 Å². The average molecular weight is 328 g/mol. The topological polar surface area (TPSA) is 45.4 Å². The van der Waals surface area contributed by atoms with Gasteiger partial charge in [-0.15, -0.1) is 0 Å². The molecular weight excluding hydrogens is 300 g/mol. The molecule has 1 fully saturated rings. The van der Waals surface area contributed by atoms with E-state index in [1.807, 2.05) is 30.3 Å². The second-order valence-electron chi connectivity index (χ2n) is 7.06. The van der Waals surface area contributed by atoms with E-state index in [4.69, 9.17) is 4.52 Å². The molecule has 0 saturated carbocycles. The molecule has 1 unspecified atom stereocenters. The first kappa shape index (κ1) is 17.1. The Kier molecular flexibility index (Phi) is 5.63. The van der Waals surface area contributed by atoms with Gasteiger partial charge in [-0.3, -0.25) is 4.90 Å². The molecule has 1 aliphatic heterocycles. The van der Waals surface area contributed by atoms with Crippen LogP contribution in [-0.2, 0) is 0 Å². The van der Waals surface area contributed by atoms with E-state index < -0.39 is 0 Å². The zero-order chi connectivity index (χ0) is 16.9. The SMILES string of the molecule is CC(C)CCN1CCN(C(C)c2nc(-c3ccccc3)no2)CC1. The first-order chi connectivity index (χ1) is 11.6. The summed E-state index contributed by atoms with van der Waals surface area (Å²) >= 11 is 0. The molecule has 1 saturated heterocycles. The number of hydrogen-bond acceptors (Lipinski definition) is 5. The van der Waals surface area contributed by atoms with Crippen LogP contribution in [0.1, 0.15) is 39.1 Å². The van der Waals surface area contributed by atoms with E-state index in [1.165, 1.54) is 13.0 Å². The maximum atomic E-state index is 5.52. The molecule has 1 aromatic carbocycles. The van der Waals surface area contributed by atoms with Crippen molar-refractivity contribution in [2.75, 3.05) is 32.7 Å². The van der Waals surface area contributed by atoms with Crippen molar-refractivity contribution in [2.24, 2.45) is 5.92 Å². The molecule has 3 rings (SSSR count). The van der Waals surface area contributed by atoms with Crippen molar-refractivity contribution in [3.8, 4) is 11.4 Å². The monoisotopic (exact) mass is 328 g/mol. The standard InChI is InChI=1S/C19H28N4O/c1-15(2)9-10-22-11-13-23(14-12-22)16(3)19-20-18(21-24-19)17-7-5-4-6-8-17/h4-8,15-16H,9-14H2,1-3H3. The molecule has 2 heterocycles. The van der Waals surface area contributed by atoms with E-state index in [9.17, 15) is 0 Å². The average Bonchev–Trinajstić information content (AvgIpc) is 3.10. The molecule has 5 heteroatoms. The maximum absolute atomic E-state index is 5.52. The minimum atomic E-state index is 0.169. The molecule has 5 nitrogen and oxygen atoms in total. The molecule has 0 amide bonds. The molecule has 0 N–H and O–H groups in total. The highest BCUT2D eigenvalue weighted by atomic mass is 16.5.